The van der Waals surface area contributed by atoms with E-state index in [0.29, 0.717) is 0 Å². The molecule has 1 aliphatic rings. The summed E-state index contributed by atoms with van der Waals surface area (Å²) in [5.74, 6) is -2.82. The topological polar surface area (TPSA) is 157 Å². The minimum absolute atomic E-state index is 0.638. The summed E-state index contributed by atoms with van der Waals surface area (Å²) < 4.78 is 4.99. The van der Waals surface area contributed by atoms with Crippen LogP contribution in [0.2, 0.25) is 0 Å². The Labute approximate surface area is 119 Å². The van der Waals surface area contributed by atoms with Gasteiger partial charge in [0.05, 0.1) is 12.6 Å². The molecule has 0 saturated carbocycles. The summed E-state index contributed by atoms with van der Waals surface area (Å²) in [6.07, 6.45) is -4.55. The van der Waals surface area contributed by atoms with Gasteiger partial charge in [-0.05, 0) is 12.2 Å². The molecule has 0 bridgehead atoms. The first-order chi connectivity index (χ1) is 9.81. The molecule has 1 unspecified atom stereocenters. The Bertz CT molecular complexity index is 449. The van der Waals surface area contributed by atoms with Gasteiger partial charge in [-0.2, -0.15) is 0 Å². The lowest BCUT2D eigenvalue weighted by Gasteiger charge is -2.37. The Kier molecular flexibility index (Phi) is 5.85. The average Bonchev–Trinajstić information content (AvgIpc) is 2.46. The third-order valence-corrected chi connectivity index (χ3v) is 2.93. The molecule has 1 heterocycles. The minimum Gasteiger partial charge on any atom is -0.478 e. The molecule has 0 spiro atoms. The van der Waals surface area contributed by atoms with Crippen LogP contribution < -0.4 is 5.32 Å². The summed E-state index contributed by atoms with van der Waals surface area (Å²) >= 11 is 0. The van der Waals surface area contributed by atoms with Crippen molar-refractivity contribution in [3.63, 3.8) is 0 Å². The maximum absolute atomic E-state index is 11.3. The highest BCUT2D eigenvalue weighted by atomic mass is 16.5. The molecular formula is C12H17NO8. The van der Waals surface area contributed by atoms with Crippen LogP contribution >= 0.6 is 0 Å². The molecular weight excluding hydrogens is 286 g/mol. The number of carbonyl (C=O) groups excluding carboxylic acids is 1. The van der Waals surface area contributed by atoms with Crippen molar-refractivity contribution in [2.24, 2.45) is 0 Å². The summed E-state index contributed by atoms with van der Waals surface area (Å²) in [7, 11) is 0. The average molecular weight is 303 g/mol. The number of hydrogen-bond acceptors (Lipinski definition) is 7. The molecule has 0 aromatic rings. The highest BCUT2D eigenvalue weighted by Crippen LogP contribution is 2.22. The molecule has 0 fully saturated rings. The molecule has 9 nitrogen and oxygen atoms in total. The number of hydrogen-bond donors (Lipinski definition) is 6. The van der Waals surface area contributed by atoms with Gasteiger partial charge in [0.25, 0.3) is 0 Å². The van der Waals surface area contributed by atoms with Crippen LogP contribution in [0.4, 0.5) is 0 Å². The predicted octanol–water partition coefficient (Wildman–Crippen LogP) is -2.90. The molecule has 5 atom stereocenters. The third-order valence-electron chi connectivity index (χ3n) is 2.93. The van der Waals surface area contributed by atoms with E-state index in [2.05, 4.69) is 11.9 Å². The van der Waals surface area contributed by atoms with E-state index in [1.807, 2.05) is 0 Å². The second-order valence-corrected chi connectivity index (χ2v) is 4.39. The Morgan fingerprint density at radius 1 is 1.48 bits per heavy atom. The third kappa shape index (κ3) is 4.02. The van der Waals surface area contributed by atoms with E-state index in [-0.39, 0.29) is 0 Å². The molecule has 0 aliphatic carbocycles. The normalized spacial score (nSPS) is 27.8. The van der Waals surface area contributed by atoms with E-state index in [9.17, 15) is 24.9 Å². The first kappa shape index (κ1) is 17.1. The van der Waals surface area contributed by atoms with Crippen molar-refractivity contribution < 1.29 is 39.9 Å². The summed E-state index contributed by atoms with van der Waals surface area (Å²) in [6.45, 7) is 2.41. The van der Waals surface area contributed by atoms with E-state index in [0.717, 1.165) is 12.2 Å². The van der Waals surface area contributed by atoms with Crippen molar-refractivity contribution >= 4 is 11.9 Å². The number of nitrogens with one attached hydrogen (secondary N) is 1. The molecule has 1 amide bonds. The highest BCUT2D eigenvalue weighted by molar-refractivity contribution is 5.87. The van der Waals surface area contributed by atoms with Crippen LogP contribution in [0.25, 0.3) is 0 Å². The smallest absolute Gasteiger partial charge is 0.370 e. The predicted molar refractivity (Wildman–Crippen MR) is 67.8 cm³/mol. The minimum atomic E-state index is -1.73. The molecule has 1 rings (SSSR count). The molecule has 0 aromatic heterocycles. The van der Waals surface area contributed by atoms with Crippen LogP contribution in [-0.4, -0.2) is 74.5 Å². The number of carbonyl (C=O) groups is 2. The van der Waals surface area contributed by atoms with Crippen molar-refractivity contribution in [3.8, 4) is 0 Å². The largest absolute Gasteiger partial charge is 0.478 e. The Hall–Kier alpha value is -1.94. The van der Waals surface area contributed by atoms with Gasteiger partial charge in [0.15, 0.2) is 6.10 Å². The van der Waals surface area contributed by atoms with Gasteiger partial charge in [0.2, 0.25) is 11.7 Å². The lowest BCUT2D eigenvalue weighted by atomic mass is 9.94. The van der Waals surface area contributed by atoms with Crippen molar-refractivity contribution in [1.29, 1.82) is 0 Å². The van der Waals surface area contributed by atoms with E-state index < -0.39 is 54.7 Å². The molecule has 118 valence electrons. The Morgan fingerprint density at radius 3 is 2.57 bits per heavy atom. The number of carboxylic acid groups (broad SMARTS) is 1. The molecule has 21 heavy (non-hydrogen) atoms. The number of rotatable bonds is 6. The van der Waals surface area contributed by atoms with Crippen LogP contribution in [0.15, 0.2) is 24.5 Å². The zero-order valence-corrected chi connectivity index (χ0v) is 10.9. The van der Waals surface area contributed by atoms with Crippen LogP contribution in [0.5, 0.6) is 0 Å². The summed E-state index contributed by atoms with van der Waals surface area (Å²) in [5, 5.41) is 49.2. The zero-order valence-electron chi connectivity index (χ0n) is 10.9. The van der Waals surface area contributed by atoms with E-state index >= 15 is 0 Å². The lowest BCUT2D eigenvalue weighted by Crippen LogP contribution is -2.59. The Morgan fingerprint density at radius 2 is 2.10 bits per heavy atom. The zero-order chi connectivity index (χ0) is 16.2. The molecule has 0 saturated heterocycles. The second-order valence-electron chi connectivity index (χ2n) is 4.39. The van der Waals surface area contributed by atoms with Gasteiger partial charge in [-0.1, -0.05) is 6.58 Å². The van der Waals surface area contributed by atoms with Crippen LogP contribution in [0, 0.1) is 0 Å². The highest BCUT2D eigenvalue weighted by Gasteiger charge is 2.43. The van der Waals surface area contributed by atoms with E-state index in [4.69, 9.17) is 14.9 Å². The van der Waals surface area contributed by atoms with Crippen molar-refractivity contribution in [3.05, 3.63) is 24.5 Å². The van der Waals surface area contributed by atoms with Crippen LogP contribution in [-0.2, 0) is 14.3 Å². The molecule has 1 aliphatic heterocycles. The number of ether oxygens (including phenoxy) is 1. The van der Waals surface area contributed by atoms with Gasteiger partial charge in [-0.3, -0.25) is 4.79 Å². The summed E-state index contributed by atoms with van der Waals surface area (Å²) in [5.41, 5.74) is 0. The van der Waals surface area contributed by atoms with E-state index in [1.165, 1.54) is 0 Å². The molecule has 0 aromatic carbocycles. The van der Waals surface area contributed by atoms with Gasteiger partial charge in [0.1, 0.15) is 18.3 Å². The monoisotopic (exact) mass is 303 g/mol. The number of aliphatic hydroxyl groups excluding tert-OH is 4. The van der Waals surface area contributed by atoms with Gasteiger partial charge in [0, 0.05) is 0 Å². The van der Waals surface area contributed by atoms with Gasteiger partial charge in [-0.15, -0.1) is 0 Å². The standard InChI is InChI=1S/C12H17NO8/c1-2-8(17)13-9-5(15)3-7(12(19)20)21-11(9)10(18)6(16)4-14/h2-3,5-6,9-11,14-16,18H,1,4H2,(H,13,17)(H,19,20)/t5-,6?,9+,10+,11+/m0/s1. The van der Waals surface area contributed by atoms with Gasteiger partial charge >= 0.3 is 5.97 Å². The number of aliphatic carboxylic acids is 1. The van der Waals surface area contributed by atoms with E-state index in [1.54, 1.807) is 0 Å². The molecule has 6 N–H and O–H groups in total. The van der Waals surface area contributed by atoms with Crippen LogP contribution in [0.3, 0.4) is 0 Å². The van der Waals surface area contributed by atoms with Gasteiger partial charge in [-0.25, -0.2) is 4.79 Å². The maximum atomic E-state index is 11.3. The van der Waals surface area contributed by atoms with Crippen molar-refractivity contribution in [2.45, 2.75) is 30.5 Å². The fourth-order valence-corrected chi connectivity index (χ4v) is 1.83. The molecule has 0 radical (unpaired) electrons. The lowest BCUT2D eigenvalue weighted by molar-refractivity contribution is -0.149. The van der Waals surface area contributed by atoms with Gasteiger partial charge < -0.3 is 35.6 Å². The summed E-state index contributed by atoms with van der Waals surface area (Å²) in [4.78, 5) is 22.2. The molecule has 9 heteroatoms. The van der Waals surface area contributed by atoms with Crippen LogP contribution in [0.1, 0.15) is 0 Å². The quantitative estimate of drug-likeness (QED) is 0.285. The number of amides is 1. The first-order valence-corrected chi connectivity index (χ1v) is 6.01. The summed E-state index contributed by atoms with van der Waals surface area (Å²) in [6, 6.07) is -1.23. The second kappa shape index (κ2) is 7.18. The number of aliphatic hydroxyl groups is 4. The SMILES string of the molecule is C=CC(=O)N[C@H]1[C@H]([C@H](O)C(O)CO)OC(C(=O)O)=C[C@@H]1O. The Balaban J connectivity index is 3.06. The van der Waals surface area contributed by atoms with Crippen molar-refractivity contribution in [1.82, 2.24) is 5.32 Å². The maximum Gasteiger partial charge on any atom is 0.370 e. The fourth-order valence-electron chi connectivity index (χ4n) is 1.83. The number of carboxylic acids is 1. The fraction of sp³-hybridized carbons (Fsp3) is 0.500. The first-order valence-electron chi connectivity index (χ1n) is 6.01. The van der Waals surface area contributed by atoms with Crippen molar-refractivity contribution in [2.75, 3.05) is 6.61 Å².